The lowest BCUT2D eigenvalue weighted by Gasteiger charge is -2.08. The standard InChI is InChI=1S/C12H11FIN3O2/c1-2-3-10-11(12(18)19)15-16-17(10)9-5-4-7(13)6-8(9)14/h4-6H,2-3H2,1H3,(H,18,19). The number of benzene rings is 1. The fraction of sp³-hybridized carbons (Fsp3) is 0.250. The van der Waals surface area contributed by atoms with Crippen molar-refractivity contribution in [3.63, 3.8) is 0 Å². The SMILES string of the molecule is CCCc1c(C(=O)O)nnn1-c1ccc(F)cc1I. The molecule has 0 saturated heterocycles. The Balaban J connectivity index is 2.58. The monoisotopic (exact) mass is 375 g/mol. The molecule has 1 heterocycles. The largest absolute Gasteiger partial charge is 0.476 e. The number of hydrogen-bond acceptors (Lipinski definition) is 3. The molecule has 0 aliphatic carbocycles. The summed E-state index contributed by atoms with van der Waals surface area (Å²) in [7, 11) is 0. The molecular formula is C12H11FIN3O2. The number of halogens is 2. The molecule has 0 aliphatic rings. The molecular weight excluding hydrogens is 364 g/mol. The Morgan fingerprint density at radius 2 is 2.26 bits per heavy atom. The van der Waals surface area contributed by atoms with E-state index in [-0.39, 0.29) is 11.5 Å². The van der Waals surface area contributed by atoms with E-state index in [1.165, 1.54) is 16.8 Å². The summed E-state index contributed by atoms with van der Waals surface area (Å²) in [5.41, 5.74) is 1.10. The van der Waals surface area contributed by atoms with Crippen LogP contribution in [0.4, 0.5) is 4.39 Å². The summed E-state index contributed by atoms with van der Waals surface area (Å²) in [4.78, 5) is 11.1. The van der Waals surface area contributed by atoms with Crippen LogP contribution in [-0.2, 0) is 6.42 Å². The maximum atomic E-state index is 13.1. The number of nitrogens with zero attached hydrogens (tertiary/aromatic N) is 3. The van der Waals surface area contributed by atoms with Gasteiger partial charge in [-0.05, 0) is 47.2 Å². The molecule has 1 N–H and O–H groups in total. The molecule has 19 heavy (non-hydrogen) atoms. The van der Waals surface area contributed by atoms with E-state index < -0.39 is 5.97 Å². The van der Waals surface area contributed by atoms with Crippen molar-refractivity contribution in [1.82, 2.24) is 15.0 Å². The molecule has 0 aliphatic heterocycles. The van der Waals surface area contributed by atoms with E-state index in [2.05, 4.69) is 10.3 Å². The number of aromatic carboxylic acids is 1. The molecule has 2 rings (SSSR count). The Morgan fingerprint density at radius 1 is 1.53 bits per heavy atom. The van der Waals surface area contributed by atoms with Crippen molar-refractivity contribution in [1.29, 1.82) is 0 Å². The highest BCUT2D eigenvalue weighted by Crippen LogP contribution is 2.21. The smallest absolute Gasteiger partial charge is 0.358 e. The van der Waals surface area contributed by atoms with Crippen molar-refractivity contribution >= 4 is 28.6 Å². The Labute approximate surface area is 122 Å². The summed E-state index contributed by atoms with van der Waals surface area (Å²) in [5.74, 6) is -1.45. The minimum Gasteiger partial charge on any atom is -0.476 e. The van der Waals surface area contributed by atoms with Gasteiger partial charge in [0.1, 0.15) is 5.82 Å². The first-order valence-corrected chi connectivity index (χ1v) is 6.75. The first kappa shape index (κ1) is 13.9. The lowest BCUT2D eigenvalue weighted by Crippen LogP contribution is -2.08. The van der Waals surface area contributed by atoms with E-state index in [0.717, 1.165) is 6.42 Å². The number of hydrogen-bond donors (Lipinski definition) is 1. The number of carbonyl (C=O) groups is 1. The van der Waals surface area contributed by atoms with Gasteiger partial charge in [0.15, 0.2) is 5.69 Å². The highest BCUT2D eigenvalue weighted by atomic mass is 127. The zero-order valence-electron chi connectivity index (χ0n) is 10.1. The van der Waals surface area contributed by atoms with Crippen LogP contribution in [-0.4, -0.2) is 26.1 Å². The molecule has 1 aromatic carbocycles. The van der Waals surface area contributed by atoms with E-state index in [1.54, 1.807) is 6.07 Å². The Morgan fingerprint density at radius 3 is 2.84 bits per heavy atom. The predicted octanol–water partition coefficient (Wildman–Crippen LogP) is 2.66. The van der Waals surface area contributed by atoms with Crippen LogP contribution in [0.5, 0.6) is 0 Å². The second-order valence-electron chi connectivity index (χ2n) is 3.95. The third-order valence-electron chi connectivity index (χ3n) is 2.59. The van der Waals surface area contributed by atoms with Gasteiger partial charge < -0.3 is 5.11 Å². The van der Waals surface area contributed by atoms with Crippen molar-refractivity contribution in [2.45, 2.75) is 19.8 Å². The van der Waals surface area contributed by atoms with Gasteiger partial charge in [0.2, 0.25) is 0 Å². The van der Waals surface area contributed by atoms with Crippen molar-refractivity contribution in [3.05, 3.63) is 39.0 Å². The fourth-order valence-electron chi connectivity index (χ4n) is 1.78. The van der Waals surface area contributed by atoms with Crippen molar-refractivity contribution in [2.75, 3.05) is 0 Å². The predicted molar refractivity (Wildman–Crippen MR) is 75.0 cm³/mol. The minimum absolute atomic E-state index is 0.0537. The van der Waals surface area contributed by atoms with Crippen LogP contribution in [0.3, 0.4) is 0 Å². The van der Waals surface area contributed by atoms with Gasteiger partial charge in [0, 0.05) is 3.57 Å². The van der Waals surface area contributed by atoms with Gasteiger partial charge >= 0.3 is 5.97 Å². The zero-order chi connectivity index (χ0) is 14.0. The molecule has 0 spiro atoms. The maximum Gasteiger partial charge on any atom is 0.358 e. The summed E-state index contributed by atoms with van der Waals surface area (Å²) in [5, 5.41) is 16.7. The van der Waals surface area contributed by atoms with Gasteiger partial charge in [0.05, 0.1) is 11.4 Å². The average molecular weight is 375 g/mol. The molecule has 2 aromatic rings. The third kappa shape index (κ3) is 2.75. The van der Waals surface area contributed by atoms with E-state index >= 15 is 0 Å². The van der Waals surface area contributed by atoms with E-state index in [0.29, 0.717) is 21.4 Å². The van der Waals surface area contributed by atoms with Gasteiger partial charge in [-0.25, -0.2) is 13.9 Å². The van der Waals surface area contributed by atoms with Gasteiger partial charge in [-0.15, -0.1) is 5.10 Å². The summed E-state index contributed by atoms with van der Waals surface area (Å²) >= 11 is 1.99. The Hall–Kier alpha value is -1.51. The lowest BCUT2D eigenvalue weighted by atomic mass is 10.2. The molecule has 0 amide bonds. The van der Waals surface area contributed by atoms with Crippen LogP contribution >= 0.6 is 22.6 Å². The van der Waals surface area contributed by atoms with Crippen molar-refractivity contribution < 1.29 is 14.3 Å². The molecule has 0 radical (unpaired) electrons. The number of carboxylic acid groups (broad SMARTS) is 1. The molecule has 0 unspecified atom stereocenters. The highest BCUT2D eigenvalue weighted by Gasteiger charge is 2.20. The van der Waals surface area contributed by atoms with E-state index in [4.69, 9.17) is 5.11 Å². The molecule has 0 saturated carbocycles. The molecule has 0 atom stereocenters. The second-order valence-corrected chi connectivity index (χ2v) is 5.11. The first-order chi connectivity index (χ1) is 9.04. The van der Waals surface area contributed by atoms with Crippen LogP contribution < -0.4 is 0 Å². The topological polar surface area (TPSA) is 68.0 Å². The molecule has 0 fully saturated rings. The van der Waals surface area contributed by atoms with Crippen molar-refractivity contribution in [2.24, 2.45) is 0 Å². The molecule has 7 heteroatoms. The third-order valence-corrected chi connectivity index (χ3v) is 3.45. The van der Waals surface area contributed by atoms with Gasteiger partial charge in [0.25, 0.3) is 0 Å². The normalized spacial score (nSPS) is 10.7. The minimum atomic E-state index is -1.10. The van der Waals surface area contributed by atoms with Crippen molar-refractivity contribution in [3.8, 4) is 5.69 Å². The Bertz CT molecular complexity index is 627. The zero-order valence-corrected chi connectivity index (χ0v) is 12.3. The van der Waals surface area contributed by atoms with E-state index in [9.17, 15) is 9.18 Å². The first-order valence-electron chi connectivity index (χ1n) is 5.68. The van der Waals surface area contributed by atoms with Crippen LogP contribution in [0, 0.1) is 9.39 Å². The summed E-state index contributed by atoms with van der Waals surface area (Å²) in [6, 6.07) is 4.25. The maximum absolute atomic E-state index is 13.1. The fourth-order valence-corrected chi connectivity index (χ4v) is 2.48. The van der Waals surface area contributed by atoms with Crippen LogP contribution in [0.25, 0.3) is 5.69 Å². The number of rotatable bonds is 4. The molecule has 100 valence electrons. The van der Waals surface area contributed by atoms with E-state index in [1.807, 2.05) is 29.5 Å². The van der Waals surface area contributed by atoms with Crippen LogP contribution in [0.15, 0.2) is 18.2 Å². The molecule has 1 aromatic heterocycles. The Kier molecular flexibility index (Phi) is 4.13. The average Bonchev–Trinajstić information content (AvgIpc) is 2.73. The molecule has 5 nitrogen and oxygen atoms in total. The quantitative estimate of drug-likeness (QED) is 0.835. The van der Waals surface area contributed by atoms with Gasteiger partial charge in [-0.1, -0.05) is 18.6 Å². The van der Waals surface area contributed by atoms with Gasteiger partial charge in [-0.3, -0.25) is 0 Å². The molecule has 0 bridgehead atoms. The van der Waals surface area contributed by atoms with Gasteiger partial charge in [-0.2, -0.15) is 0 Å². The summed E-state index contributed by atoms with van der Waals surface area (Å²) in [6.45, 7) is 1.94. The summed E-state index contributed by atoms with van der Waals surface area (Å²) in [6.07, 6.45) is 1.31. The van der Waals surface area contributed by atoms with Crippen LogP contribution in [0.1, 0.15) is 29.5 Å². The summed E-state index contributed by atoms with van der Waals surface area (Å²) < 4.78 is 15.2. The number of carboxylic acids is 1. The van der Waals surface area contributed by atoms with Crippen LogP contribution in [0.2, 0.25) is 0 Å². The second kappa shape index (κ2) is 5.64. The lowest BCUT2D eigenvalue weighted by molar-refractivity contribution is 0.0689. The highest BCUT2D eigenvalue weighted by molar-refractivity contribution is 14.1. The number of aromatic nitrogens is 3.